The van der Waals surface area contributed by atoms with Crippen molar-refractivity contribution < 1.29 is 0 Å². The molecule has 0 saturated heterocycles. The highest BCUT2D eigenvalue weighted by molar-refractivity contribution is 5.95. The number of hydrogen-bond acceptors (Lipinski definition) is 4. The molecule has 0 amide bonds. The van der Waals surface area contributed by atoms with Gasteiger partial charge in [0, 0.05) is 36.7 Å². The molecule has 2 heterocycles. The van der Waals surface area contributed by atoms with Crippen molar-refractivity contribution in [1.82, 2.24) is 9.55 Å². The molecule has 1 N–H and O–H groups in total. The summed E-state index contributed by atoms with van der Waals surface area (Å²) < 4.78 is 2.14. The molecular weight excluding hydrogens is 384 g/mol. The highest BCUT2D eigenvalue weighted by Crippen LogP contribution is 2.32. The van der Waals surface area contributed by atoms with Gasteiger partial charge >= 0.3 is 0 Å². The quantitative estimate of drug-likeness (QED) is 0.538. The summed E-state index contributed by atoms with van der Waals surface area (Å²) in [4.78, 5) is 19.9. The summed E-state index contributed by atoms with van der Waals surface area (Å²) in [5.41, 5.74) is 3.73. The van der Waals surface area contributed by atoms with Gasteiger partial charge in [-0.05, 0) is 44.1 Å². The SMILES string of the molecule is CCCN(CC)c1cncc2c(=O)cc(Nc3ccccc3)n(C3=CC=CCC=C3)c12. The Labute approximate surface area is 183 Å². The van der Waals surface area contributed by atoms with E-state index < -0.39 is 0 Å². The van der Waals surface area contributed by atoms with E-state index >= 15 is 0 Å². The first-order valence-electron chi connectivity index (χ1n) is 10.9. The van der Waals surface area contributed by atoms with Crippen LogP contribution in [0.2, 0.25) is 0 Å². The second kappa shape index (κ2) is 9.47. The minimum atomic E-state index is -0.0414. The third-order valence-electron chi connectivity index (χ3n) is 5.38. The fourth-order valence-electron chi connectivity index (χ4n) is 3.94. The van der Waals surface area contributed by atoms with Crippen LogP contribution in [0, 0.1) is 0 Å². The average Bonchev–Trinajstić information content (AvgIpc) is 3.07. The normalized spacial score (nSPS) is 13.2. The summed E-state index contributed by atoms with van der Waals surface area (Å²) in [6, 6.07) is 11.6. The molecule has 0 radical (unpaired) electrons. The predicted octanol–water partition coefficient (Wildman–Crippen LogP) is 5.73. The third-order valence-corrected chi connectivity index (χ3v) is 5.38. The first kappa shape index (κ1) is 20.7. The standard InChI is InChI=1S/C26H28N4O/c1-3-16-29(4-2)23-19-27-18-22-24(31)17-25(28-20-12-8-7-9-13-20)30(26(22)23)21-14-10-5-6-11-15-21/h5,7-15,17-19,28H,3-4,6,16H2,1-2H3. The van der Waals surface area contributed by atoms with Crippen LogP contribution in [-0.4, -0.2) is 22.6 Å². The largest absolute Gasteiger partial charge is 0.369 e. The van der Waals surface area contributed by atoms with Crippen molar-refractivity contribution in [2.75, 3.05) is 23.3 Å². The lowest BCUT2D eigenvalue weighted by molar-refractivity contribution is 0.791. The minimum absolute atomic E-state index is 0.0414. The molecule has 0 unspecified atom stereocenters. The number of nitrogens with zero attached hydrogens (tertiary/aromatic N) is 3. The second-order valence-corrected chi connectivity index (χ2v) is 7.51. The molecule has 1 aliphatic rings. The first-order chi connectivity index (χ1) is 15.2. The van der Waals surface area contributed by atoms with Crippen molar-refractivity contribution in [3.05, 3.63) is 89.4 Å². The van der Waals surface area contributed by atoms with Gasteiger partial charge < -0.3 is 10.2 Å². The topological polar surface area (TPSA) is 50.2 Å². The van der Waals surface area contributed by atoms with Gasteiger partial charge in [-0.25, -0.2) is 0 Å². The number of anilines is 3. The van der Waals surface area contributed by atoms with E-state index in [4.69, 9.17) is 0 Å². The Morgan fingerprint density at radius 2 is 1.97 bits per heavy atom. The van der Waals surface area contributed by atoms with Crippen molar-refractivity contribution >= 4 is 33.8 Å². The van der Waals surface area contributed by atoms with Crippen molar-refractivity contribution in [3.63, 3.8) is 0 Å². The fraction of sp³-hybridized carbons (Fsp3) is 0.231. The summed E-state index contributed by atoms with van der Waals surface area (Å²) in [7, 11) is 0. The van der Waals surface area contributed by atoms with Crippen molar-refractivity contribution in [3.8, 4) is 0 Å². The van der Waals surface area contributed by atoms with Crippen LogP contribution in [0.4, 0.5) is 17.2 Å². The van der Waals surface area contributed by atoms with Gasteiger partial charge in [0.1, 0.15) is 5.82 Å². The van der Waals surface area contributed by atoms with Crippen LogP contribution < -0.4 is 15.6 Å². The van der Waals surface area contributed by atoms with E-state index in [-0.39, 0.29) is 5.43 Å². The number of aromatic nitrogens is 2. The number of hydrogen-bond donors (Lipinski definition) is 1. The van der Waals surface area contributed by atoms with Crippen LogP contribution in [0.3, 0.4) is 0 Å². The summed E-state index contributed by atoms with van der Waals surface area (Å²) in [6.45, 7) is 6.04. The lowest BCUT2D eigenvalue weighted by atomic mass is 10.1. The lowest BCUT2D eigenvalue weighted by Gasteiger charge is -2.27. The molecule has 31 heavy (non-hydrogen) atoms. The molecule has 0 aliphatic heterocycles. The van der Waals surface area contributed by atoms with Gasteiger partial charge in [0.15, 0.2) is 5.43 Å². The van der Waals surface area contributed by atoms with Crippen LogP contribution in [-0.2, 0) is 0 Å². The van der Waals surface area contributed by atoms with Crippen LogP contribution in [0.25, 0.3) is 16.6 Å². The van der Waals surface area contributed by atoms with Crippen molar-refractivity contribution in [2.45, 2.75) is 26.7 Å². The van der Waals surface area contributed by atoms with E-state index in [9.17, 15) is 4.79 Å². The van der Waals surface area contributed by atoms with Gasteiger partial charge in [-0.15, -0.1) is 0 Å². The molecule has 1 aromatic carbocycles. The summed E-state index contributed by atoms with van der Waals surface area (Å²) in [5.74, 6) is 0.731. The van der Waals surface area contributed by atoms with Gasteiger partial charge in [0.25, 0.3) is 0 Å². The van der Waals surface area contributed by atoms with Crippen LogP contribution in [0.1, 0.15) is 26.7 Å². The van der Waals surface area contributed by atoms with E-state index in [1.165, 1.54) is 0 Å². The first-order valence-corrected chi connectivity index (χ1v) is 10.9. The fourth-order valence-corrected chi connectivity index (χ4v) is 3.94. The maximum atomic E-state index is 13.2. The summed E-state index contributed by atoms with van der Waals surface area (Å²) in [5, 5.41) is 4.08. The maximum absolute atomic E-state index is 13.2. The monoisotopic (exact) mass is 412 g/mol. The molecule has 0 bridgehead atoms. The highest BCUT2D eigenvalue weighted by atomic mass is 16.1. The number of para-hydroxylation sites is 1. The lowest BCUT2D eigenvalue weighted by Crippen LogP contribution is -2.25. The highest BCUT2D eigenvalue weighted by Gasteiger charge is 2.18. The number of pyridine rings is 2. The van der Waals surface area contributed by atoms with Gasteiger partial charge in [-0.3, -0.25) is 14.3 Å². The van der Waals surface area contributed by atoms with Gasteiger partial charge in [0.05, 0.1) is 22.8 Å². The Morgan fingerprint density at radius 3 is 2.74 bits per heavy atom. The Kier molecular flexibility index (Phi) is 6.32. The molecule has 5 nitrogen and oxygen atoms in total. The maximum Gasteiger partial charge on any atom is 0.193 e. The van der Waals surface area contributed by atoms with Gasteiger partial charge in [-0.2, -0.15) is 0 Å². The van der Waals surface area contributed by atoms with Crippen molar-refractivity contribution in [1.29, 1.82) is 0 Å². The molecule has 1 aliphatic carbocycles. The zero-order valence-electron chi connectivity index (χ0n) is 18.1. The van der Waals surface area contributed by atoms with E-state index in [1.54, 1.807) is 12.3 Å². The smallest absolute Gasteiger partial charge is 0.193 e. The number of rotatable bonds is 7. The molecule has 4 rings (SSSR count). The number of benzene rings is 1. The zero-order chi connectivity index (χ0) is 21.6. The molecule has 158 valence electrons. The van der Waals surface area contributed by atoms with Crippen LogP contribution in [0.15, 0.2) is 84.0 Å². The second-order valence-electron chi connectivity index (χ2n) is 7.51. The Bertz CT molecular complexity index is 1210. The molecular formula is C26H28N4O. The summed E-state index contributed by atoms with van der Waals surface area (Å²) in [6.07, 6.45) is 16.0. The number of fused-ring (bicyclic) bond motifs is 1. The van der Waals surface area contributed by atoms with E-state index in [1.807, 2.05) is 36.5 Å². The van der Waals surface area contributed by atoms with E-state index in [0.29, 0.717) is 5.39 Å². The Hall–Kier alpha value is -3.60. The molecule has 0 saturated carbocycles. The zero-order valence-corrected chi connectivity index (χ0v) is 18.1. The number of nitrogens with one attached hydrogen (secondary N) is 1. The third kappa shape index (κ3) is 4.31. The average molecular weight is 413 g/mol. The van der Waals surface area contributed by atoms with Crippen LogP contribution in [0.5, 0.6) is 0 Å². The molecule has 5 heteroatoms. The van der Waals surface area contributed by atoms with Crippen LogP contribution >= 0.6 is 0 Å². The molecule has 3 aromatic rings. The van der Waals surface area contributed by atoms with E-state index in [2.05, 4.69) is 64.0 Å². The predicted molar refractivity (Wildman–Crippen MR) is 131 cm³/mol. The van der Waals surface area contributed by atoms with Crippen molar-refractivity contribution in [2.24, 2.45) is 0 Å². The molecule has 0 atom stereocenters. The Morgan fingerprint density at radius 1 is 1.13 bits per heavy atom. The molecule has 0 fully saturated rings. The molecule has 2 aromatic heterocycles. The van der Waals surface area contributed by atoms with Gasteiger partial charge in [-0.1, -0.05) is 43.4 Å². The summed E-state index contributed by atoms with van der Waals surface area (Å²) >= 11 is 0. The van der Waals surface area contributed by atoms with E-state index in [0.717, 1.165) is 54.3 Å². The number of allylic oxidation sites excluding steroid dienone is 6. The van der Waals surface area contributed by atoms with Gasteiger partial charge in [0.2, 0.25) is 0 Å². The minimum Gasteiger partial charge on any atom is -0.369 e. The molecule has 0 spiro atoms. The Balaban J connectivity index is 2.05.